The third-order valence-electron chi connectivity index (χ3n) is 4.36. The summed E-state index contributed by atoms with van der Waals surface area (Å²) < 4.78 is 24.9. The van der Waals surface area contributed by atoms with E-state index in [0.717, 1.165) is 37.1 Å². The van der Waals surface area contributed by atoms with Crippen LogP contribution in [0.3, 0.4) is 0 Å². The van der Waals surface area contributed by atoms with Crippen molar-refractivity contribution in [1.29, 1.82) is 0 Å². The first-order valence-corrected chi connectivity index (χ1v) is 9.87. The third kappa shape index (κ3) is 3.85. The highest BCUT2D eigenvalue weighted by molar-refractivity contribution is 7.91. The van der Waals surface area contributed by atoms with Crippen molar-refractivity contribution in [3.05, 3.63) is 54.6 Å². The van der Waals surface area contributed by atoms with Crippen molar-refractivity contribution in [2.24, 2.45) is 0 Å². The lowest BCUT2D eigenvalue weighted by atomic mass is 10.1. The molecule has 0 saturated carbocycles. The summed E-state index contributed by atoms with van der Waals surface area (Å²) in [6, 6.07) is 16.7. The van der Waals surface area contributed by atoms with Crippen LogP contribution >= 0.6 is 0 Å². The molecule has 4 nitrogen and oxygen atoms in total. The molecule has 3 rings (SSSR count). The van der Waals surface area contributed by atoms with Crippen LogP contribution in [0.2, 0.25) is 0 Å². The van der Waals surface area contributed by atoms with Gasteiger partial charge in [0, 0.05) is 19.5 Å². The first-order valence-electron chi connectivity index (χ1n) is 8.22. The molecule has 2 aromatic carbocycles. The van der Waals surface area contributed by atoms with Gasteiger partial charge in [-0.1, -0.05) is 42.5 Å². The van der Waals surface area contributed by atoms with Gasteiger partial charge in [0.2, 0.25) is 5.91 Å². The molecule has 126 valence electrons. The molecule has 0 spiro atoms. The van der Waals surface area contributed by atoms with Crippen LogP contribution < -0.4 is 0 Å². The van der Waals surface area contributed by atoms with E-state index >= 15 is 0 Å². The van der Waals surface area contributed by atoms with Crippen molar-refractivity contribution in [3.63, 3.8) is 0 Å². The second kappa shape index (κ2) is 7.18. The molecule has 1 fully saturated rings. The SMILES string of the molecule is O=C(CCS(=O)(=O)c1ccc(-c2ccccc2)cc1)N1CCCC1. The number of sulfone groups is 1. The standard InChI is InChI=1S/C19H21NO3S/c21-19(20-13-4-5-14-20)12-15-24(22,23)18-10-8-17(9-11-18)16-6-2-1-3-7-16/h1-3,6-11H,4-5,12-15H2. The topological polar surface area (TPSA) is 54.5 Å². The van der Waals surface area contributed by atoms with Crippen LogP contribution in [-0.2, 0) is 14.6 Å². The van der Waals surface area contributed by atoms with Gasteiger partial charge in [-0.05, 0) is 36.1 Å². The molecule has 1 saturated heterocycles. The third-order valence-corrected chi connectivity index (χ3v) is 6.10. The Morgan fingerprint density at radius 3 is 2.08 bits per heavy atom. The minimum absolute atomic E-state index is 0.0583. The molecule has 1 heterocycles. The van der Waals surface area contributed by atoms with Crippen molar-refractivity contribution in [1.82, 2.24) is 4.90 Å². The maximum Gasteiger partial charge on any atom is 0.223 e. The van der Waals surface area contributed by atoms with Crippen LogP contribution in [0.25, 0.3) is 11.1 Å². The molecule has 2 aromatic rings. The summed E-state index contributed by atoms with van der Waals surface area (Å²) in [5, 5.41) is 0. The summed E-state index contributed by atoms with van der Waals surface area (Å²) in [5.74, 6) is -0.190. The van der Waals surface area contributed by atoms with E-state index in [1.54, 1.807) is 17.0 Å². The zero-order valence-corrected chi connectivity index (χ0v) is 14.3. The molecular formula is C19H21NO3S. The predicted octanol–water partition coefficient (Wildman–Crippen LogP) is 3.14. The first kappa shape index (κ1) is 16.7. The summed E-state index contributed by atoms with van der Waals surface area (Å²) >= 11 is 0. The van der Waals surface area contributed by atoms with E-state index < -0.39 is 9.84 Å². The van der Waals surface area contributed by atoms with Crippen LogP contribution in [0.15, 0.2) is 59.5 Å². The van der Waals surface area contributed by atoms with Crippen molar-refractivity contribution < 1.29 is 13.2 Å². The lowest BCUT2D eigenvalue weighted by Gasteiger charge is -2.15. The summed E-state index contributed by atoms with van der Waals surface area (Å²) in [6.45, 7) is 1.51. The van der Waals surface area contributed by atoms with E-state index in [2.05, 4.69) is 0 Å². The quantitative estimate of drug-likeness (QED) is 0.838. The highest BCUT2D eigenvalue weighted by Crippen LogP contribution is 2.22. The predicted molar refractivity (Wildman–Crippen MR) is 94.4 cm³/mol. The first-order chi connectivity index (χ1) is 11.6. The van der Waals surface area contributed by atoms with Crippen LogP contribution in [0.4, 0.5) is 0 Å². The minimum atomic E-state index is -3.43. The van der Waals surface area contributed by atoms with Gasteiger partial charge in [-0.15, -0.1) is 0 Å². The Hall–Kier alpha value is -2.14. The van der Waals surface area contributed by atoms with E-state index in [9.17, 15) is 13.2 Å². The monoisotopic (exact) mass is 343 g/mol. The Labute approximate surface area is 143 Å². The Morgan fingerprint density at radius 1 is 0.875 bits per heavy atom. The average molecular weight is 343 g/mol. The van der Waals surface area contributed by atoms with Crippen molar-refractivity contribution in [2.45, 2.75) is 24.2 Å². The van der Waals surface area contributed by atoms with E-state index in [-0.39, 0.29) is 23.0 Å². The van der Waals surface area contributed by atoms with E-state index in [1.807, 2.05) is 42.5 Å². The smallest absolute Gasteiger partial charge is 0.223 e. The van der Waals surface area contributed by atoms with Gasteiger partial charge < -0.3 is 4.90 Å². The van der Waals surface area contributed by atoms with Gasteiger partial charge in [0.05, 0.1) is 10.6 Å². The van der Waals surface area contributed by atoms with Gasteiger partial charge in [-0.25, -0.2) is 8.42 Å². The maximum atomic E-state index is 12.4. The molecule has 0 aromatic heterocycles. The zero-order chi connectivity index (χ0) is 17.0. The molecular weight excluding hydrogens is 322 g/mol. The molecule has 1 amide bonds. The lowest BCUT2D eigenvalue weighted by Crippen LogP contribution is -2.29. The van der Waals surface area contributed by atoms with E-state index in [1.165, 1.54) is 0 Å². The molecule has 0 atom stereocenters. The second-order valence-electron chi connectivity index (χ2n) is 6.05. The second-order valence-corrected chi connectivity index (χ2v) is 8.16. The number of nitrogens with zero attached hydrogens (tertiary/aromatic N) is 1. The molecule has 0 radical (unpaired) electrons. The van der Waals surface area contributed by atoms with Crippen LogP contribution in [0.5, 0.6) is 0 Å². The number of carbonyl (C=O) groups is 1. The summed E-state index contributed by atoms with van der Waals surface area (Å²) in [5.41, 5.74) is 2.02. The Kier molecular flexibility index (Phi) is 5.00. The molecule has 0 bridgehead atoms. The highest BCUT2D eigenvalue weighted by Gasteiger charge is 2.21. The molecule has 0 N–H and O–H groups in total. The Balaban J connectivity index is 1.67. The molecule has 0 aliphatic carbocycles. The molecule has 24 heavy (non-hydrogen) atoms. The molecule has 1 aliphatic heterocycles. The molecule has 5 heteroatoms. The number of likely N-dealkylation sites (tertiary alicyclic amines) is 1. The number of hydrogen-bond acceptors (Lipinski definition) is 3. The fourth-order valence-corrected chi connectivity index (χ4v) is 4.18. The fraction of sp³-hybridized carbons (Fsp3) is 0.316. The van der Waals surface area contributed by atoms with Crippen molar-refractivity contribution in [3.8, 4) is 11.1 Å². The Morgan fingerprint density at radius 2 is 1.46 bits per heavy atom. The van der Waals surface area contributed by atoms with Gasteiger partial charge in [0.1, 0.15) is 0 Å². The molecule has 0 unspecified atom stereocenters. The van der Waals surface area contributed by atoms with E-state index in [4.69, 9.17) is 0 Å². The number of carbonyl (C=O) groups excluding carboxylic acids is 1. The van der Waals surface area contributed by atoms with Crippen LogP contribution in [-0.4, -0.2) is 38.1 Å². The van der Waals surface area contributed by atoms with Gasteiger partial charge in [0.25, 0.3) is 0 Å². The average Bonchev–Trinajstić information content (AvgIpc) is 3.15. The van der Waals surface area contributed by atoms with Gasteiger partial charge >= 0.3 is 0 Å². The number of hydrogen-bond donors (Lipinski definition) is 0. The van der Waals surface area contributed by atoms with Crippen molar-refractivity contribution in [2.75, 3.05) is 18.8 Å². The van der Waals surface area contributed by atoms with Gasteiger partial charge in [-0.3, -0.25) is 4.79 Å². The Bertz CT molecular complexity index is 792. The summed E-state index contributed by atoms with van der Waals surface area (Å²) in [4.78, 5) is 14.1. The van der Waals surface area contributed by atoms with Gasteiger partial charge in [0.15, 0.2) is 9.84 Å². The number of amides is 1. The van der Waals surface area contributed by atoms with Crippen LogP contribution in [0.1, 0.15) is 19.3 Å². The van der Waals surface area contributed by atoms with Crippen LogP contribution in [0, 0.1) is 0 Å². The van der Waals surface area contributed by atoms with Gasteiger partial charge in [-0.2, -0.15) is 0 Å². The fourth-order valence-electron chi connectivity index (χ4n) is 2.95. The minimum Gasteiger partial charge on any atom is -0.343 e. The van der Waals surface area contributed by atoms with E-state index in [0.29, 0.717) is 0 Å². The largest absolute Gasteiger partial charge is 0.343 e. The summed E-state index contributed by atoms with van der Waals surface area (Å²) in [7, 11) is -3.43. The summed E-state index contributed by atoms with van der Waals surface area (Å²) in [6.07, 6.45) is 2.08. The normalized spacial score (nSPS) is 14.8. The maximum absolute atomic E-state index is 12.4. The number of benzene rings is 2. The van der Waals surface area contributed by atoms with Crippen molar-refractivity contribution >= 4 is 15.7 Å². The highest BCUT2D eigenvalue weighted by atomic mass is 32.2. The number of rotatable bonds is 5. The zero-order valence-electron chi connectivity index (χ0n) is 13.5. The lowest BCUT2D eigenvalue weighted by molar-refractivity contribution is -0.129. The molecule has 1 aliphatic rings.